The molecule has 0 aliphatic carbocycles. The van der Waals surface area contributed by atoms with Gasteiger partial charge >= 0.3 is 0 Å². The van der Waals surface area contributed by atoms with Crippen molar-refractivity contribution in [1.29, 1.82) is 0 Å². The van der Waals surface area contributed by atoms with Crippen LogP contribution < -0.4 is 0 Å². The van der Waals surface area contributed by atoms with Crippen molar-refractivity contribution in [1.82, 2.24) is 4.31 Å². The number of halogens is 1. The summed E-state index contributed by atoms with van der Waals surface area (Å²) in [7, 11) is -3.54. The van der Waals surface area contributed by atoms with E-state index in [-0.39, 0.29) is 6.10 Å². The van der Waals surface area contributed by atoms with Gasteiger partial charge in [-0.25, -0.2) is 8.42 Å². The molecule has 0 bridgehead atoms. The van der Waals surface area contributed by atoms with E-state index >= 15 is 0 Å². The molecule has 124 valence electrons. The van der Waals surface area contributed by atoms with Gasteiger partial charge in [-0.15, -0.1) is 11.3 Å². The van der Waals surface area contributed by atoms with Crippen LogP contribution in [0.5, 0.6) is 0 Å². The Hall–Kier alpha value is -0.730. The molecule has 1 aromatic carbocycles. The minimum absolute atomic E-state index is 0.0137. The van der Waals surface area contributed by atoms with E-state index in [0.717, 1.165) is 28.8 Å². The van der Waals surface area contributed by atoms with Crippen LogP contribution in [0.3, 0.4) is 0 Å². The Morgan fingerprint density at radius 1 is 1.26 bits per heavy atom. The first-order valence-corrected chi connectivity index (χ1v) is 10.6. The molecule has 2 aromatic rings. The van der Waals surface area contributed by atoms with E-state index in [9.17, 15) is 8.42 Å². The van der Waals surface area contributed by atoms with Crippen LogP contribution in [0.4, 0.5) is 0 Å². The van der Waals surface area contributed by atoms with Crippen LogP contribution in [-0.4, -0.2) is 32.0 Å². The normalized spacial score (nSPS) is 18.6. The van der Waals surface area contributed by atoms with Crippen molar-refractivity contribution in [3.05, 3.63) is 51.1 Å². The van der Waals surface area contributed by atoms with Crippen molar-refractivity contribution < 1.29 is 13.2 Å². The molecule has 3 rings (SSSR count). The highest BCUT2D eigenvalue weighted by atomic mass is 79.9. The van der Waals surface area contributed by atoms with E-state index in [1.54, 1.807) is 35.6 Å². The Labute approximate surface area is 149 Å². The highest BCUT2D eigenvalue weighted by Crippen LogP contribution is 2.24. The van der Waals surface area contributed by atoms with E-state index in [2.05, 4.69) is 15.9 Å². The Bertz CT molecular complexity index is 723. The monoisotopic (exact) mass is 415 g/mol. The molecule has 1 saturated heterocycles. The fourth-order valence-corrected chi connectivity index (χ4v) is 5.11. The number of rotatable bonds is 6. The molecule has 1 atom stereocenters. The Balaban J connectivity index is 1.87. The zero-order valence-corrected chi connectivity index (χ0v) is 15.7. The van der Waals surface area contributed by atoms with Gasteiger partial charge in [-0.3, -0.25) is 0 Å². The minimum Gasteiger partial charge on any atom is -0.377 e. The summed E-state index contributed by atoms with van der Waals surface area (Å²) in [6.07, 6.45) is 1.90. The lowest BCUT2D eigenvalue weighted by molar-refractivity contribution is 0.0927. The zero-order chi connectivity index (χ0) is 16.3. The minimum atomic E-state index is -3.54. The average Bonchev–Trinajstić information content (AvgIpc) is 3.20. The third-order valence-electron chi connectivity index (χ3n) is 3.79. The first-order chi connectivity index (χ1) is 11.1. The molecule has 4 nitrogen and oxygen atoms in total. The van der Waals surface area contributed by atoms with Crippen LogP contribution in [0.25, 0.3) is 0 Å². The van der Waals surface area contributed by atoms with Gasteiger partial charge in [0.1, 0.15) is 0 Å². The summed E-state index contributed by atoms with van der Waals surface area (Å²) in [5, 5.41) is 1.96. The third-order valence-corrected chi connectivity index (χ3v) is 7.01. The van der Waals surface area contributed by atoms with Gasteiger partial charge in [0.05, 0.1) is 11.0 Å². The summed E-state index contributed by atoms with van der Waals surface area (Å²) in [5.74, 6) is 0. The van der Waals surface area contributed by atoms with Gasteiger partial charge in [-0.05, 0) is 48.6 Å². The van der Waals surface area contributed by atoms with Gasteiger partial charge in [0.25, 0.3) is 0 Å². The fraction of sp³-hybridized carbons (Fsp3) is 0.375. The lowest BCUT2D eigenvalue weighted by atomic mass is 10.2. The van der Waals surface area contributed by atoms with Crippen LogP contribution in [-0.2, 0) is 21.3 Å². The summed E-state index contributed by atoms with van der Waals surface area (Å²) in [6.45, 7) is 1.50. The molecular formula is C16H18BrNO3S2. The third kappa shape index (κ3) is 4.22. The smallest absolute Gasteiger partial charge is 0.243 e. The van der Waals surface area contributed by atoms with E-state index in [4.69, 9.17) is 4.74 Å². The number of nitrogens with zero attached hydrogens (tertiary/aromatic N) is 1. The number of thiophene rings is 1. The van der Waals surface area contributed by atoms with Gasteiger partial charge in [0.15, 0.2) is 0 Å². The second-order valence-corrected chi connectivity index (χ2v) is 9.35. The average molecular weight is 416 g/mol. The van der Waals surface area contributed by atoms with Gasteiger partial charge in [0.2, 0.25) is 10.0 Å². The first kappa shape index (κ1) is 17.1. The van der Waals surface area contributed by atoms with Gasteiger partial charge in [-0.1, -0.05) is 22.0 Å². The number of ether oxygens (including phenoxy) is 1. The quantitative estimate of drug-likeness (QED) is 0.718. The van der Waals surface area contributed by atoms with Crippen LogP contribution in [0, 0.1) is 0 Å². The topological polar surface area (TPSA) is 46.6 Å². The first-order valence-electron chi connectivity index (χ1n) is 7.45. The molecule has 0 amide bonds. The molecular weight excluding hydrogens is 398 g/mol. The Morgan fingerprint density at radius 3 is 2.65 bits per heavy atom. The van der Waals surface area contributed by atoms with Crippen molar-refractivity contribution in [2.24, 2.45) is 0 Å². The largest absolute Gasteiger partial charge is 0.377 e. The summed E-state index contributed by atoms with van der Waals surface area (Å²) >= 11 is 4.91. The summed E-state index contributed by atoms with van der Waals surface area (Å²) in [6, 6.07) is 10.7. The molecule has 1 aliphatic rings. The van der Waals surface area contributed by atoms with Crippen molar-refractivity contribution >= 4 is 37.3 Å². The maximum Gasteiger partial charge on any atom is 0.243 e. The molecule has 0 spiro atoms. The predicted octanol–water partition coefficient (Wildman–Crippen LogP) is 3.88. The number of sulfonamides is 1. The zero-order valence-electron chi connectivity index (χ0n) is 12.5. The highest BCUT2D eigenvalue weighted by Gasteiger charge is 2.29. The molecule has 0 radical (unpaired) electrons. The molecule has 2 heterocycles. The van der Waals surface area contributed by atoms with Crippen LogP contribution in [0.15, 0.2) is 51.1 Å². The lowest BCUT2D eigenvalue weighted by Crippen LogP contribution is -2.36. The SMILES string of the molecule is O=S(=O)(c1ccc(Br)cc1)N(Cc1cccs1)CC1CCCO1. The van der Waals surface area contributed by atoms with Gasteiger partial charge in [-0.2, -0.15) is 4.31 Å². The standard InChI is InChI=1S/C16H18BrNO3S2/c17-13-5-7-16(8-6-13)23(19,20)18(11-14-3-1-9-21-14)12-15-4-2-10-22-15/h2,4-8,10,14H,1,3,9,11-12H2. The molecule has 1 unspecified atom stereocenters. The number of hydrogen-bond donors (Lipinski definition) is 0. The number of hydrogen-bond acceptors (Lipinski definition) is 4. The molecule has 0 N–H and O–H groups in total. The van der Waals surface area contributed by atoms with Crippen molar-refractivity contribution in [2.45, 2.75) is 30.4 Å². The predicted molar refractivity (Wildman–Crippen MR) is 95.0 cm³/mol. The molecule has 1 aromatic heterocycles. The van der Waals surface area contributed by atoms with Gasteiger partial charge < -0.3 is 4.74 Å². The van der Waals surface area contributed by atoms with Crippen molar-refractivity contribution in [3.8, 4) is 0 Å². The summed E-state index contributed by atoms with van der Waals surface area (Å²) in [4.78, 5) is 1.35. The molecule has 23 heavy (non-hydrogen) atoms. The second-order valence-electron chi connectivity index (χ2n) is 5.47. The Morgan fingerprint density at radius 2 is 2.04 bits per heavy atom. The van der Waals surface area contributed by atoms with Crippen LogP contribution in [0.1, 0.15) is 17.7 Å². The number of benzene rings is 1. The van der Waals surface area contributed by atoms with E-state index in [1.165, 1.54) is 4.31 Å². The molecule has 0 saturated carbocycles. The summed E-state index contributed by atoms with van der Waals surface area (Å²) < 4.78 is 34.1. The molecule has 7 heteroatoms. The highest BCUT2D eigenvalue weighted by molar-refractivity contribution is 9.10. The van der Waals surface area contributed by atoms with E-state index in [0.29, 0.717) is 18.0 Å². The fourth-order valence-electron chi connectivity index (χ4n) is 2.60. The summed E-state index contributed by atoms with van der Waals surface area (Å²) in [5.41, 5.74) is 0. The van der Waals surface area contributed by atoms with E-state index < -0.39 is 10.0 Å². The molecule has 1 fully saturated rings. The Kier molecular flexibility index (Phi) is 5.53. The molecule has 1 aliphatic heterocycles. The van der Waals surface area contributed by atoms with Crippen LogP contribution in [0.2, 0.25) is 0 Å². The van der Waals surface area contributed by atoms with Crippen molar-refractivity contribution in [3.63, 3.8) is 0 Å². The maximum atomic E-state index is 13.0. The van der Waals surface area contributed by atoms with Crippen LogP contribution >= 0.6 is 27.3 Å². The maximum absolute atomic E-state index is 13.0. The lowest BCUT2D eigenvalue weighted by Gasteiger charge is -2.24. The van der Waals surface area contributed by atoms with Crippen molar-refractivity contribution in [2.75, 3.05) is 13.2 Å². The second kappa shape index (κ2) is 7.44. The van der Waals surface area contributed by atoms with E-state index in [1.807, 2.05) is 17.5 Å². The van der Waals surface area contributed by atoms with Gasteiger partial charge in [0, 0.05) is 29.0 Å².